The monoisotopic (exact) mass is 440 g/mol. The molecule has 2 heterocycles. The molecule has 11 heteroatoms. The zero-order valence-corrected chi connectivity index (χ0v) is 16.5. The molecule has 0 saturated carbocycles. The lowest BCUT2D eigenvalue weighted by atomic mass is 9.86. The van der Waals surface area contributed by atoms with Gasteiger partial charge < -0.3 is 15.2 Å². The first-order chi connectivity index (χ1) is 14.7. The van der Waals surface area contributed by atoms with E-state index in [0.29, 0.717) is 0 Å². The topological polar surface area (TPSA) is 98.9 Å². The molecule has 1 amide bonds. The number of aromatic nitrogens is 2. The summed E-state index contributed by atoms with van der Waals surface area (Å²) in [5, 5.41) is 21.3. The molecule has 0 aliphatic carbocycles. The number of aryl methyl sites for hydroxylation is 1. The molecule has 1 aromatic carbocycles. The highest BCUT2D eigenvalue weighted by Gasteiger charge is 2.48. The van der Waals surface area contributed by atoms with Gasteiger partial charge in [0.2, 0.25) is 5.91 Å². The molecule has 1 unspecified atom stereocenters. The SMILES string of the molecule is Cc1ncc(C(CO)=NO)c(C2CCN(C(=O)Cc3c(F)cccc3F)CC2(F)F)n1. The van der Waals surface area contributed by atoms with Crippen LogP contribution in [0, 0.1) is 18.6 Å². The minimum absolute atomic E-state index is 0.0199. The van der Waals surface area contributed by atoms with Crippen LogP contribution < -0.4 is 0 Å². The summed E-state index contributed by atoms with van der Waals surface area (Å²) < 4.78 is 57.8. The molecule has 1 atom stereocenters. The number of halogens is 4. The van der Waals surface area contributed by atoms with Crippen molar-refractivity contribution in [2.75, 3.05) is 19.7 Å². The van der Waals surface area contributed by atoms with Gasteiger partial charge in [-0.1, -0.05) is 11.2 Å². The van der Waals surface area contributed by atoms with Gasteiger partial charge in [-0.3, -0.25) is 4.79 Å². The summed E-state index contributed by atoms with van der Waals surface area (Å²) in [4.78, 5) is 21.3. The number of likely N-dealkylation sites (tertiary alicyclic amines) is 1. The van der Waals surface area contributed by atoms with E-state index < -0.39 is 54.5 Å². The van der Waals surface area contributed by atoms with Crippen LogP contribution in [0.15, 0.2) is 29.6 Å². The predicted molar refractivity (Wildman–Crippen MR) is 101 cm³/mol. The Morgan fingerprint density at radius 2 is 2.00 bits per heavy atom. The summed E-state index contributed by atoms with van der Waals surface area (Å²) in [6, 6.07) is 3.13. The van der Waals surface area contributed by atoms with E-state index in [0.717, 1.165) is 23.1 Å². The number of aliphatic hydroxyl groups excluding tert-OH is 1. The minimum Gasteiger partial charge on any atom is -0.411 e. The third-order valence-electron chi connectivity index (χ3n) is 5.19. The number of hydrogen-bond donors (Lipinski definition) is 2. The van der Waals surface area contributed by atoms with Crippen molar-refractivity contribution in [1.82, 2.24) is 14.9 Å². The summed E-state index contributed by atoms with van der Waals surface area (Å²) in [5.41, 5.74) is -0.863. The van der Waals surface area contributed by atoms with Gasteiger partial charge in [0.1, 0.15) is 23.2 Å². The van der Waals surface area contributed by atoms with Crippen LogP contribution in [0.25, 0.3) is 0 Å². The molecule has 1 aromatic heterocycles. The number of amides is 1. The van der Waals surface area contributed by atoms with Gasteiger partial charge in [0.05, 0.1) is 31.2 Å². The Bertz CT molecular complexity index is 996. The molecule has 3 rings (SSSR count). The van der Waals surface area contributed by atoms with Gasteiger partial charge in [-0.15, -0.1) is 0 Å². The molecule has 2 N–H and O–H groups in total. The van der Waals surface area contributed by atoms with E-state index in [2.05, 4.69) is 15.1 Å². The second-order valence-electron chi connectivity index (χ2n) is 7.22. The van der Waals surface area contributed by atoms with E-state index in [4.69, 9.17) is 5.21 Å². The molecule has 2 aromatic rings. The van der Waals surface area contributed by atoms with Crippen LogP contribution in [0.2, 0.25) is 0 Å². The Labute approximate surface area is 175 Å². The van der Waals surface area contributed by atoms with Crippen LogP contribution in [-0.4, -0.2) is 62.4 Å². The van der Waals surface area contributed by atoms with Crippen LogP contribution in [0.5, 0.6) is 0 Å². The molecule has 31 heavy (non-hydrogen) atoms. The van der Waals surface area contributed by atoms with Crippen molar-refractivity contribution >= 4 is 11.6 Å². The van der Waals surface area contributed by atoms with Crippen LogP contribution in [0.4, 0.5) is 17.6 Å². The van der Waals surface area contributed by atoms with E-state index in [1.54, 1.807) is 0 Å². The number of rotatable bonds is 5. The van der Waals surface area contributed by atoms with Crippen LogP contribution in [-0.2, 0) is 11.2 Å². The number of aliphatic hydroxyl groups is 1. The Balaban J connectivity index is 1.84. The van der Waals surface area contributed by atoms with Gasteiger partial charge >= 0.3 is 0 Å². The Hall–Kier alpha value is -3.08. The number of benzene rings is 1. The van der Waals surface area contributed by atoms with E-state index in [-0.39, 0.29) is 35.8 Å². The highest BCUT2D eigenvalue weighted by atomic mass is 19.3. The van der Waals surface area contributed by atoms with Crippen LogP contribution in [0.3, 0.4) is 0 Å². The molecule has 1 saturated heterocycles. The maximum atomic E-state index is 15.1. The van der Waals surface area contributed by atoms with Crippen molar-refractivity contribution in [3.8, 4) is 0 Å². The van der Waals surface area contributed by atoms with Crippen LogP contribution in [0.1, 0.15) is 35.0 Å². The minimum atomic E-state index is -3.44. The Kier molecular flexibility index (Phi) is 6.54. The average molecular weight is 440 g/mol. The smallest absolute Gasteiger partial charge is 0.273 e. The van der Waals surface area contributed by atoms with E-state index in [9.17, 15) is 18.7 Å². The predicted octanol–water partition coefficient (Wildman–Crippen LogP) is 2.43. The number of piperidine rings is 1. The number of nitrogens with zero attached hydrogens (tertiary/aromatic N) is 4. The molecule has 0 spiro atoms. The molecule has 1 aliphatic heterocycles. The highest BCUT2D eigenvalue weighted by Crippen LogP contribution is 2.41. The quantitative estimate of drug-likeness (QED) is 0.322. The zero-order valence-electron chi connectivity index (χ0n) is 16.5. The molecule has 1 fully saturated rings. The summed E-state index contributed by atoms with van der Waals surface area (Å²) in [7, 11) is 0. The molecule has 1 aliphatic rings. The average Bonchev–Trinajstić information content (AvgIpc) is 2.72. The lowest BCUT2D eigenvalue weighted by molar-refractivity contribution is -0.143. The highest BCUT2D eigenvalue weighted by molar-refractivity contribution is 6.01. The third-order valence-corrected chi connectivity index (χ3v) is 5.19. The normalized spacial score (nSPS) is 18.8. The van der Waals surface area contributed by atoms with Crippen molar-refractivity contribution in [1.29, 1.82) is 0 Å². The van der Waals surface area contributed by atoms with Crippen molar-refractivity contribution in [2.45, 2.75) is 31.6 Å². The summed E-state index contributed by atoms with van der Waals surface area (Å²) in [6.45, 7) is -0.281. The largest absolute Gasteiger partial charge is 0.411 e. The Morgan fingerprint density at radius 3 is 2.58 bits per heavy atom. The summed E-state index contributed by atoms with van der Waals surface area (Å²) >= 11 is 0. The number of oxime groups is 1. The first kappa shape index (κ1) is 22.6. The van der Waals surface area contributed by atoms with Crippen molar-refractivity contribution in [2.24, 2.45) is 5.16 Å². The Morgan fingerprint density at radius 1 is 1.32 bits per heavy atom. The molecule has 166 valence electrons. The van der Waals surface area contributed by atoms with Gasteiger partial charge in [0.15, 0.2) is 0 Å². The molecular weight excluding hydrogens is 420 g/mol. The second kappa shape index (κ2) is 8.96. The number of alkyl halides is 2. The summed E-state index contributed by atoms with van der Waals surface area (Å²) in [6.07, 6.45) is 0.312. The van der Waals surface area contributed by atoms with Gasteiger partial charge in [-0.25, -0.2) is 27.5 Å². The standard InChI is InChI=1S/C20H20F4N4O3/c1-11-25-8-13(17(9-29)27-31)19(26-11)14-5-6-28(10-20(14,23)24)18(30)7-12-15(21)3-2-4-16(12)22/h2-4,8,14,29,31H,5-7,9-10H2,1H3. The molecular formula is C20H20F4N4O3. The van der Waals surface area contributed by atoms with Crippen molar-refractivity contribution < 1.29 is 32.7 Å². The number of carbonyl (C=O) groups excluding carboxylic acids is 1. The maximum Gasteiger partial charge on any atom is 0.273 e. The van der Waals surface area contributed by atoms with E-state index >= 15 is 8.78 Å². The summed E-state index contributed by atoms with van der Waals surface area (Å²) in [5.74, 6) is -7.34. The number of hydrogen-bond acceptors (Lipinski definition) is 6. The molecule has 7 nitrogen and oxygen atoms in total. The fourth-order valence-corrected chi connectivity index (χ4v) is 3.60. The first-order valence-corrected chi connectivity index (χ1v) is 9.42. The van der Waals surface area contributed by atoms with Crippen LogP contribution >= 0.6 is 0 Å². The van der Waals surface area contributed by atoms with Crippen molar-refractivity contribution in [3.05, 3.63) is 58.7 Å². The van der Waals surface area contributed by atoms with Gasteiger partial charge in [-0.05, 0) is 25.5 Å². The third kappa shape index (κ3) is 4.66. The lowest BCUT2D eigenvalue weighted by Gasteiger charge is -2.38. The van der Waals surface area contributed by atoms with Crippen molar-refractivity contribution in [3.63, 3.8) is 0 Å². The van der Waals surface area contributed by atoms with Gasteiger partial charge in [0, 0.05) is 23.9 Å². The van der Waals surface area contributed by atoms with E-state index in [1.165, 1.54) is 13.1 Å². The fraction of sp³-hybridized carbons (Fsp3) is 0.400. The van der Waals surface area contributed by atoms with E-state index in [1.807, 2.05) is 0 Å². The first-order valence-electron chi connectivity index (χ1n) is 9.42. The maximum absolute atomic E-state index is 15.1. The number of carbonyl (C=O) groups is 1. The second-order valence-corrected chi connectivity index (χ2v) is 7.22. The van der Waals surface area contributed by atoms with Gasteiger partial charge in [-0.2, -0.15) is 0 Å². The molecule has 0 bridgehead atoms. The molecule has 0 radical (unpaired) electrons. The fourth-order valence-electron chi connectivity index (χ4n) is 3.60. The lowest BCUT2D eigenvalue weighted by Crippen LogP contribution is -2.50. The van der Waals surface area contributed by atoms with Gasteiger partial charge in [0.25, 0.3) is 5.92 Å². The zero-order chi connectivity index (χ0) is 22.8.